The molecule has 0 radical (unpaired) electrons. The number of fused-ring (bicyclic) bond motifs is 1. The Bertz CT molecular complexity index is 248. The predicted molar refractivity (Wildman–Crippen MR) is 36.8 cm³/mol. The van der Waals surface area contributed by atoms with E-state index in [4.69, 9.17) is 10.6 Å². The van der Waals surface area contributed by atoms with Crippen LogP contribution < -0.4 is 10.6 Å². The summed E-state index contributed by atoms with van der Waals surface area (Å²) in [4.78, 5) is 4.63. The lowest BCUT2D eigenvalue weighted by Crippen LogP contribution is -2.34. The zero-order valence-electron chi connectivity index (χ0n) is 5.93. The maximum atomic E-state index is 5.26. The number of aromatic nitrogens is 2. The zero-order chi connectivity index (χ0) is 7.68. The molecule has 1 aliphatic rings. The Morgan fingerprint density at radius 2 is 2.73 bits per heavy atom. The summed E-state index contributed by atoms with van der Waals surface area (Å²) in [6.07, 6.45) is 1.61. The number of nitrogens with zero attached hydrogens (tertiary/aromatic N) is 2. The molecular weight excluding hydrogens is 146 g/mol. The van der Waals surface area contributed by atoms with Crippen molar-refractivity contribution in [2.24, 2.45) is 5.90 Å². The normalized spacial score (nSPS) is 22.5. The van der Waals surface area contributed by atoms with E-state index >= 15 is 0 Å². The summed E-state index contributed by atoms with van der Waals surface area (Å²) in [5.74, 6) is 5.78. The second-order valence-corrected chi connectivity index (χ2v) is 2.42. The van der Waals surface area contributed by atoms with Gasteiger partial charge in [0.25, 0.3) is 0 Å². The van der Waals surface area contributed by atoms with Crippen molar-refractivity contribution in [3.63, 3.8) is 0 Å². The first-order chi connectivity index (χ1) is 5.40. The van der Waals surface area contributed by atoms with Crippen molar-refractivity contribution in [3.05, 3.63) is 12.3 Å². The summed E-state index contributed by atoms with van der Waals surface area (Å²) >= 11 is 0. The van der Waals surface area contributed by atoms with Crippen molar-refractivity contribution in [1.82, 2.24) is 9.78 Å². The lowest BCUT2D eigenvalue weighted by Gasteiger charge is -2.21. The minimum absolute atomic E-state index is 0.0811. The first-order valence-corrected chi connectivity index (χ1v) is 3.40. The van der Waals surface area contributed by atoms with Gasteiger partial charge in [0.15, 0.2) is 0 Å². The maximum absolute atomic E-state index is 5.26. The lowest BCUT2D eigenvalue weighted by molar-refractivity contribution is -0.0136. The third-order valence-corrected chi connectivity index (χ3v) is 1.66. The zero-order valence-corrected chi connectivity index (χ0v) is 5.93. The first kappa shape index (κ1) is 6.63. The van der Waals surface area contributed by atoms with Crippen molar-refractivity contribution >= 4 is 0 Å². The Balaban J connectivity index is 2.18. The summed E-state index contributed by atoms with van der Waals surface area (Å²) in [5, 5.41) is 4.01. The van der Waals surface area contributed by atoms with Gasteiger partial charge in [-0.25, -0.2) is 10.6 Å². The average Bonchev–Trinajstić information content (AvgIpc) is 2.50. The molecule has 60 valence electrons. The van der Waals surface area contributed by atoms with Crippen LogP contribution in [0.3, 0.4) is 0 Å². The van der Waals surface area contributed by atoms with Crippen molar-refractivity contribution in [3.8, 4) is 5.88 Å². The summed E-state index contributed by atoms with van der Waals surface area (Å²) in [6, 6.07) is 1.81. The molecule has 5 heteroatoms. The van der Waals surface area contributed by atoms with E-state index in [-0.39, 0.29) is 6.10 Å². The third-order valence-electron chi connectivity index (χ3n) is 1.66. The molecule has 0 fully saturated rings. The standard InChI is InChI=1S/C6H9N3O2/c7-11-5-3-9-6(10-4-5)1-2-8-9/h1-2,5H,3-4,7H2/t5-/m0/s1. The molecule has 0 aromatic carbocycles. The molecule has 0 aliphatic carbocycles. The van der Waals surface area contributed by atoms with Gasteiger partial charge in [0.05, 0.1) is 12.7 Å². The van der Waals surface area contributed by atoms with Crippen LogP contribution in [0.15, 0.2) is 12.3 Å². The monoisotopic (exact) mass is 155 g/mol. The minimum Gasteiger partial charge on any atom is -0.475 e. The van der Waals surface area contributed by atoms with E-state index in [0.717, 1.165) is 5.88 Å². The quantitative estimate of drug-likeness (QED) is 0.557. The van der Waals surface area contributed by atoms with Gasteiger partial charge in [-0.2, -0.15) is 5.10 Å². The first-order valence-electron chi connectivity index (χ1n) is 3.40. The molecular formula is C6H9N3O2. The molecule has 5 nitrogen and oxygen atoms in total. The Labute approximate surface area is 63.6 Å². The van der Waals surface area contributed by atoms with Crippen LogP contribution in [0.1, 0.15) is 0 Å². The highest BCUT2D eigenvalue weighted by Gasteiger charge is 2.19. The van der Waals surface area contributed by atoms with Gasteiger partial charge in [-0.05, 0) is 0 Å². The molecule has 1 aromatic rings. The van der Waals surface area contributed by atoms with Crippen molar-refractivity contribution < 1.29 is 9.57 Å². The summed E-state index contributed by atoms with van der Waals surface area (Å²) in [7, 11) is 0. The molecule has 0 amide bonds. The van der Waals surface area contributed by atoms with Crippen LogP contribution in [0.4, 0.5) is 0 Å². The Kier molecular flexibility index (Phi) is 1.52. The van der Waals surface area contributed by atoms with Gasteiger partial charge in [0.1, 0.15) is 12.7 Å². The Morgan fingerprint density at radius 3 is 3.55 bits per heavy atom. The van der Waals surface area contributed by atoms with E-state index < -0.39 is 0 Å². The number of nitrogens with two attached hydrogens (primary N) is 1. The SMILES string of the molecule is NO[C@@H]1COc2ccnn2C1. The van der Waals surface area contributed by atoms with Crippen LogP contribution in [0.5, 0.6) is 5.88 Å². The summed E-state index contributed by atoms with van der Waals surface area (Å²) in [6.45, 7) is 1.17. The number of ether oxygens (including phenoxy) is 1. The second kappa shape index (κ2) is 2.52. The molecule has 0 unspecified atom stereocenters. The highest BCUT2D eigenvalue weighted by atomic mass is 16.6. The topological polar surface area (TPSA) is 62.3 Å². The van der Waals surface area contributed by atoms with Gasteiger partial charge in [-0.1, -0.05) is 0 Å². The van der Waals surface area contributed by atoms with Crippen LogP contribution >= 0.6 is 0 Å². The van der Waals surface area contributed by atoms with Crippen LogP contribution in [0, 0.1) is 0 Å². The summed E-state index contributed by atoms with van der Waals surface area (Å²) in [5.41, 5.74) is 0. The van der Waals surface area contributed by atoms with E-state index in [1.165, 1.54) is 0 Å². The van der Waals surface area contributed by atoms with Crippen molar-refractivity contribution in [1.29, 1.82) is 0 Å². The van der Waals surface area contributed by atoms with Crippen LogP contribution in [0.25, 0.3) is 0 Å². The van der Waals surface area contributed by atoms with Gasteiger partial charge in [0, 0.05) is 6.07 Å². The van der Waals surface area contributed by atoms with Crippen LogP contribution in [-0.2, 0) is 11.4 Å². The highest BCUT2D eigenvalue weighted by molar-refractivity contribution is 5.09. The fourth-order valence-corrected chi connectivity index (χ4v) is 1.09. The fraction of sp³-hybridized carbons (Fsp3) is 0.500. The Morgan fingerprint density at radius 1 is 1.82 bits per heavy atom. The van der Waals surface area contributed by atoms with Gasteiger partial charge in [-0.3, -0.25) is 4.84 Å². The van der Waals surface area contributed by atoms with Gasteiger partial charge in [-0.15, -0.1) is 0 Å². The van der Waals surface area contributed by atoms with E-state index in [2.05, 4.69) is 9.94 Å². The number of hydrogen-bond donors (Lipinski definition) is 1. The fourth-order valence-electron chi connectivity index (χ4n) is 1.09. The molecule has 1 atom stereocenters. The van der Waals surface area contributed by atoms with Gasteiger partial charge < -0.3 is 4.74 Å². The predicted octanol–water partition coefficient (Wildman–Crippen LogP) is -0.466. The summed E-state index contributed by atoms with van der Waals surface area (Å²) < 4.78 is 6.99. The van der Waals surface area contributed by atoms with E-state index in [1.54, 1.807) is 10.9 Å². The smallest absolute Gasteiger partial charge is 0.211 e. The maximum Gasteiger partial charge on any atom is 0.211 e. The van der Waals surface area contributed by atoms with Gasteiger partial charge in [0.2, 0.25) is 5.88 Å². The second-order valence-electron chi connectivity index (χ2n) is 2.42. The molecule has 1 aliphatic heterocycles. The van der Waals surface area contributed by atoms with E-state index in [9.17, 15) is 0 Å². The number of hydrogen-bond acceptors (Lipinski definition) is 4. The van der Waals surface area contributed by atoms with E-state index in [0.29, 0.717) is 13.2 Å². The molecule has 1 aromatic heterocycles. The van der Waals surface area contributed by atoms with E-state index in [1.807, 2.05) is 6.07 Å². The molecule has 11 heavy (non-hydrogen) atoms. The molecule has 2 rings (SSSR count). The van der Waals surface area contributed by atoms with Crippen LogP contribution in [-0.4, -0.2) is 22.5 Å². The molecule has 0 bridgehead atoms. The molecule has 0 saturated carbocycles. The Hall–Kier alpha value is -1.07. The third kappa shape index (κ3) is 1.08. The molecule has 0 spiro atoms. The van der Waals surface area contributed by atoms with Crippen molar-refractivity contribution in [2.75, 3.05) is 6.61 Å². The number of rotatable bonds is 1. The molecule has 2 N–H and O–H groups in total. The molecule has 2 heterocycles. The highest BCUT2D eigenvalue weighted by Crippen LogP contribution is 2.15. The largest absolute Gasteiger partial charge is 0.475 e. The lowest BCUT2D eigenvalue weighted by atomic mass is 10.3. The average molecular weight is 155 g/mol. The molecule has 0 saturated heterocycles. The van der Waals surface area contributed by atoms with Gasteiger partial charge >= 0.3 is 0 Å². The minimum atomic E-state index is -0.0811. The van der Waals surface area contributed by atoms with Crippen molar-refractivity contribution in [2.45, 2.75) is 12.6 Å². The van der Waals surface area contributed by atoms with Crippen LogP contribution in [0.2, 0.25) is 0 Å².